The van der Waals surface area contributed by atoms with Crippen molar-refractivity contribution >= 4 is 41.3 Å². The van der Waals surface area contributed by atoms with Crippen LogP contribution >= 0.6 is 35.3 Å². The lowest BCUT2D eigenvalue weighted by Gasteiger charge is -2.35. The topological polar surface area (TPSA) is 85.4 Å². The minimum atomic E-state index is -0.0196. The summed E-state index contributed by atoms with van der Waals surface area (Å²) in [4.78, 5) is 8.50. The highest BCUT2D eigenvalue weighted by atomic mass is 127. The van der Waals surface area contributed by atoms with E-state index in [0.29, 0.717) is 13.2 Å². The Bertz CT molecular complexity index is 983. The minimum absolute atomic E-state index is 0. The Kier molecular flexibility index (Phi) is 8.43. The fraction of sp³-hybridized carbons (Fsp3) is 0.500. The monoisotopic (exact) mass is 556 g/mol. The third-order valence-corrected chi connectivity index (χ3v) is 6.19. The van der Waals surface area contributed by atoms with Crippen molar-refractivity contribution in [3.05, 3.63) is 52.0 Å². The molecule has 0 bridgehead atoms. The standard InChI is InChI=1S/C20H28N8OS.HI/c1-15-24-25-19(27(15)3)12-22-20(21-7-6-17-5-4-10-30-17)28-8-9-29-18(14-28)16-11-23-26(2)13-16;/h4-5,10-11,13,18H,6-9,12,14H2,1-3H3,(H,21,22);1H. The van der Waals surface area contributed by atoms with Crippen LogP contribution in [0.3, 0.4) is 0 Å². The van der Waals surface area contributed by atoms with Crippen LogP contribution in [0.5, 0.6) is 0 Å². The molecular weight excluding hydrogens is 527 g/mol. The molecule has 3 aromatic heterocycles. The molecule has 168 valence electrons. The third kappa shape index (κ3) is 6.04. The quantitative estimate of drug-likeness (QED) is 0.285. The summed E-state index contributed by atoms with van der Waals surface area (Å²) in [5.41, 5.74) is 1.09. The highest BCUT2D eigenvalue weighted by molar-refractivity contribution is 14.0. The van der Waals surface area contributed by atoms with Gasteiger partial charge in [0.15, 0.2) is 11.8 Å². The zero-order valence-corrected chi connectivity index (χ0v) is 21.2. The van der Waals surface area contributed by atoms with Crippen LogP contribution in [-0.4, -0.2) is 61.6 Å². The summed E-state index contributed by atoms with van der Waals surface area (Å²) in [6, 6.07) is 4.25. The van der Waals surface area contributed by atoms with E-state index in [2.05, 4.69) is 43.0 Å². The van der Waals surface area contributed by atoms with Gasteiger partial charge in [0, 0.05) is 43.8 Å². The van der Waals surface area contributed by atoms with Gasteiger partial charge in [0.1, 0.15) is 18.5 Å². The zero-order chi connectivity index (χ0) is 20.9. The predicted molar refractivity (Wildman–Crippen MR) is 132 cm³/mol. The molecule has 1 fully saturated rings. The Morgan fingerprint density at radius 3 is 2.90 bits per heavy atom. The molecule has 1 N–H and O–H groups in total. The van der Waals surface area contributed by atoms with E-state index in [0.717, 1.165) is 49.2 Å². The van der Waals surface area contributed by atoms with Gasteiger partial charge >= 0.3 is 0 Å². The zero-order valence-electron chi connectivity index (χ0n) is 18.1. The van der Waals surface area contributed by atoms with E-state index in [1.807, 2.05) is 42.7 Å². The molecule has 0 spiro atoms. The molecule has 1 aliphatic heterocycles. The van der Waals surface area contributed by atoms with Crippen LogP contribution in [0.2, 0.25) is 0 Å². The number of aromatic nitrogens is 5. The van der Waals surface area contributed by atoms with Crippen LogP contribution in [0.4, 0.5) is 0 Å². The van der Waals surface area contributed by atoms with Crippen molar-refractivity contribution in [2.45, 2.75) is 26.0 Å². The first-order valence-corrected chi connectivity index (χ1v) is 11.0. The number of rotatable bonds is 6. The smallest absolute Gasteiger partial charge is 0.194 e. The van der Waals surface area contributed by atoms with Gasteiger partial charge in [-0.1, -0.05) is 6.07 Å². The maximum absolute atomic E-state index is 6.00. The van der Waals surface area contributed by atoms with Gasteiger partial charge in [-0.3, -0.25) is 4.68 Å². The maximum atomic E-state index is 6.00. The van der Waals surface area contributed by atoms with Gasteiger partial charge in [-0.05, 0) is 24.8 Å². The summed E-state index contributed by atoms with van der Waals surface area (Å²) < 4.78 is 9.79. The second-order valence-corrected chi connectivity index (χ2v) is 8.40. The number of morpholine rings is 1. The van der Waals surface area contributed by atoms with E-state index in [4.69, 9.17) is 9.73 Å². The Morgan fingerprint density at radius 1 is 1.35 bits per heavy atom. The molecule has 0 radical (unpaired) electrons. The molecule has 31 heavy (non-hydrogen) atoms. The van der Waals surface area contributed by atoms with Crippen molar-refractivity contribution in [3.63, 3.8) is 0 Å². The van der Waals surface area contributed by atoms with Crippen molar-refractivity contribution in [2.24, 2.45) is 19.1 Å². The van der Waals surface area contributed by atoms with Crippen LogP contribution in [0, 0.1) is 6.92 Å². The number of aliphatic imine (C=N–C) groups is 1. The van der Waals surface area contributed by atoms with Gasteiger partial charge in [-0.25, -0.2) is 4.99 Å². The van der Waals surface area contributed by atoms with E-state index in [1.165, 1.54) is 4.88 Å². The fourth-order valence-corrected chi connectivity index (χ4v) is 4.11. The number of ether oxygens (including phenoxy) is 1. The Hall–Kier alpha value is -1.99. The summed E-state index contributed by atoms with van der Waals surface area (Å²) in [6.07, 6.45) is 4.83. The highest BCUT2D eigenvalue weighted by Gasteiger charge is 2.25. The van der Waals surface area contributed by atoms with Crippen LogP contribution in [0.25, 0.3) is 0 Å². The van der Waals surface area contributed by atoms with Crippen molar-refractivity contribution in [1.29, 1.82) is 0 Å². The Balaban J connectivity index is 0.00000272. The molecule has 0 aromatic carbocycles. The van der Waals surface area contributed by atoms with Gasteiger partial charge in [-0.15, -0.1) is 45.5 Å². The summed E-state index contributed by atoms with van der Waals surface area (Å²) in [7, 11) is 3.89. The summed E-state index contributed by atoms with van der Waals surface area (Å²) in [6.45, 7) is 5.42. The number of nitrogens with one attached hydrogen (secondary N) is 1. The first-order valence-electron chi connectivity index (χ1n) is 10.1. The lowest BCUT2D eigenvalue weighted by Crippen LogP contribution is -2.48. The van der Waals surface area contributed by atoms with E-state index in [-0.39, 0.29) is 30.1 Å². The average Bonchev–Trinajstić information content (AvgIpc) is 3.49. The molecule has 0 amide bonds. The number of hydrogen-bond acceptors (Lipinski definition) is 6. The van der Waals surface area contributed by atoms with E-state index in [1.54, 1.807) is 11.3 Å². The van der Waals surface area contributed by atoms with Gasteiger partial charge in [-0.2, -0.15) is 5.10 Å². The normalized spacial score (nSPS) is 16.9. The van der Waals surface area contributed by atoms with E-state index in [9.17, 15) is 0 Å². The van der Waals surface area contributed by atoms with Crippen molar-refractivity contribution < 1.29 is 4.74 Å². The van der Waals surface area contributed by atoms with E-state index >= 15 is 0 Å². The number of nitrogens with zero attached hydrogens (tertiary/aromatic N) is 7. The number of thiophene rings is 1. The number of halogens is 1. The molecule has 0 saturated carbocycles. The maximum Gasteiger partial charge on any atom is 0.194 e. The van der Waals surface area contributed by atoms with Crippen LogP contribution in [-0.2, 0) is 31.8 Å². The van der Waals surface area contributed by atoms with Gasteiger partial charge in [0.2, 0.25) is 0 Å². The Labute approximate surface area is 203 Å². The van der Waals surface area contributed by atoms with Gasteiger partial charge in [0.25, 0.3) is 0 Å². The molecule has 0 aliphatic carbocycles. The molecule has 1 aliphatic rings. The lowest BCUT2D eigenvalue weighted by molar-refractivity contribution is -0.00807. The average molecular weight is 556 g/mol. The van der Waals surface area contributed by atoms with Crippen molar-refractivity contribution in [2.75, 3.05) is 26.2 Å². The van der Waals surface area contributed by atoms with Crippen molar-refractivity contribution in [1.82, 2.24) is 34.8 Å². The molecule has 1 saturated heterocycles. The molecule has 4 heterocycles. The highest BCUT2D eigenvalue weighted by Crippen LogP contribution is 2.21. The van der Waals surface area contributed by atoms with Crippen LogP contribution < -0.4 is 5.32 Å². The second kappa shape index (κ2) is 11.0. The second-order valence-electron chi connectivity index (χ2n) is 7.37. The van der Waals surface area contributed by atoms with Gasteiger partial charge < -0.3 is 19.5 Å². The molecule has 9 nitrogen and oxygen atoms in total. The molecule has 3 aromatic rings. The lowest BCUT2D eigenvalue weighted by atomic mass is 10.1. The molecular formula is C20H29IN8OS. The summed E-state index contributed by atoms with van der Waals surface area (Å²) in [5.74, 6) is 2.61. The predicted octanol–water partition coefficient (Wildman–Crippen LogP) is 2.30. The van der Waals surface area contributed by atoms with Crippen LogP contribution in [0.1, 0.15) is 28.2 Å². The molecule has 11 heteroatoms. The largest absolute Gasteiger partial charge is 0.370 e. The van der Waals surface area contributed by atoms with E-state index < -0.39 is 0 Å². The minimum Gasteiger partial charge on any atom is -0.370 e. The summed E-state index contributed by atoms with van der Waals surface area (Å²) in [5, 5.41) is 18.3. The number of aryl methyl sites for hydroxylation is 2. The Morgan fingerprint density at radius 2 is 2.23 bits per heavy atom. The van der Waals surface area contributed by atoms with Gasteiger partial charge in [0.05, 0.1) is 19.3 Å². The molecule has 4 rings (SSSR count). The first-order chi connectivity index (χ1) is 14.6. The van der Waals surface area contributed by atoms with Crippen molar-refractivity contribution in [3.8, 4) is 0 Å². The first kappa shape index (κ1) is 23.7. The third-order valence-electron chi connectivity index (χ3n) is 5.25. The molecule has 1 unspecified atom stereocenters. The van der Waals surface area contributed by atoms with Crippen LogP contribution in [0.15, 0.2) is 34.9 Å². The number of guanidine groups is 1. The number of hydrogen-bond donors (Lipinski definition) is 1. The summed E-state index contributed by atoms with van der Waals surface area (Å²) >= 11 is 1.78. The fourth-order valence-electron chi connectivity index (χ4n) is 3.40. The SMILES string of the molecule is Cc1nnc(CN=C(NCCc2cccs2)N2CCOC(c3cnn(C)c3)C2)n1C.I. The molecule has 1 atom stereocenters.